The van der Waals surface area contributed by atoms with Crippen molar-refractivity contribution >= 4 is 35.6 Å². The van der Waals surface area contributed by atoms with Crippen LogP contribution < -0.4 is 15.5 Å². The number of anilines is 1. The lowest BCUT2D eigenvalue weighted by Gasteiger charge is -2.34. The summed E-state index contributed by atoms with van der Waals surface area (Å²) in [7, 11) is 0. The van der Waals surface area contributed by atoms with Gasteiger partial charge in [-0.05, 0) is 56.2 Å². The Bertz CT molecular complexity index is 905. The predicted molar refractivity (Wildman–Crippen MR) is 126 cm³/mol. The molecule has 1 aliphatic rings. The van der Waals surface area contributed by atoms with Crippen LogP contribution in [-0.2, 0) is 6.54 Å². The third-order valence-corrected chi connectivity index (χ3v) is 4.94. The van der Waals surface area contributed by atoms with Crippen molar-refractivity contribution in [1.29, 1.82) is 5.26 Å². The first-order valence-electron chi connectivity index (χ1n) is 9.83. The van der Waals surface area contributed by atoms with Crippen LogP contribution >= 0.6 is 24.0 Å². The number of nitrogens with one attached hydrogen (secondary N) is 2. The molecule has 0 aromatic heterocycles. The van der Waals surface area contributed by atoms with Crippen molar-refractivity contribution in [2.45, 2.75) is 32.4 Å². The molecule has 0 amide bonds. The molecule has 1 aliphatic heterocycles. The topological polar surface area (TPSA) is 63.5 Å². The Morgan fingerprint density at radius 1 is 1.20 bits per heavy atom. The Morgan fingerprint density at radius 3 is 2.63 bits per heavy atom. The highest BCUT2D eigenvalue weighted by molar-refractivity contribution is 14.0. The Morgan fingerprint density at radius 2 is 1.97 bits per heavy atom. The molecule has 0 unspecified atom stereocenters. The molecule has 0 aliphatic carbocycles. The fourth-order valence-corrected chi connectivity index (χ4v) is 3.40. The summed E-state index contributed by atoms with van der Waals surface area (Å²) >= 11 is 0. The van der Waals surface area contributed by atoms with Crippen LogP contribution in [0.3, 0.4) is 0 Å². The molecule has 1 heterocycles. The molecule has 8 heteroatoms. The minimum absolute atomic E-state index is 0. The van der Waals surface area contributed by atoms with Gasteiger partial charge in [0, 0.05) is 36.9 Å². The van der Waals surface area contributed by atoms with Crippen molar-refractivity contribution < 1.29 is 8.78 Å². The summed E-state index contributed by atoms with van der Waals surface area (Å²) in [5, 5.41) is 15.6. The summed E-state index contributed by atoms with van der Waals surface area (Å²) in [5.41, 5.74) is 1.71. The average molecular weight is 525 g/mol. The third-order valence-electron chi connectivity index (χ3n) is 4.94. The second-order valence-electron chi connectivity index (χ2n) is 7.00. The van der Waals surface area contributed by atoms with Gasteiger partial charge in [-0.2, -0.15) is 5.26 Å². The first-order chi connectivity index (χ1) is 14.1. The minimum Gasteiger partial charge on any atom is -0.371 e. The molecule has 2 aromatic rings. The van der Waals surface area contributed by atoms with E-state index in [1.165, 1.54) is 24.3 Å². The molecular weight excluding hydrogens is 499 g/mol. The van der Waals surface area contributed by atoms with Gasteiger partial charge in [0.1, 0.15) is 11.6 Å². The molecule has 0 spiro atoms. The van der Waals surface area contributed by atoms with Crippen molar-refractivity contribution in [3.8, 4) is 6.07 Å². The highest BCUT2D eigenvalue weighted by Gasteiger charge is 2.20. The van der Waals surface area contributed by atoms with E-state index in [1.807, 2.05) is 19.1 Å². The Labute approximate surface area is 193 Å². The molecule has 0 bridgehead atoms. The maximum atomic E-state index is 14.0. The van der Waals surface area contributed by atoms with Crippen molar-refractivity contribution in [1.82, 2.24) is 10.6 Å². The number of hydrogen-bond donors (Lipinski definition) is 2. The van der Waals surface area contributed by atoms with Gasteiger partial charge in [0.05, 0.1) is 18.2 Å². The average Bonchev–Trinajstić information content (AvgIpc) is 2.73. The molecule has 0 radical (unpaired) electrons. The molecule has 30 heavy (non-hydrogen) atoms. The van der Waals surface area contributed by atoms with E-state index in [1.54, 1.807) is 12.1 Å². The summed E-state index contributed by atoms with van der Waals surface area (Å²) in [5.74, 6) is 0.0301. The van der Waals surface area contributed by atoms with Crippen LogP contribution in [0.4, 0.5) is 14.5 Å². The van der Waals surface area contributed by atoms with E-state index in [2.05, 4.69) is 20.5 Å². The van der Waals surface area contributed by atoms with Gasteiger partial charge in [-0.3, -0.25) is 0 Å². The van der Waals surface area contributed by atoms with Crippen molar-refractivity contribution in [3.63, 3.8) is 0 Å². The highest BCUT2D eigenvalue weighted by Crippen LogP contribution is 2.20. The van der Waals surface area contributed by atoms with Crippen molar-refractivity contribution in [2.24, 2.45) is 4.99 Å². The summed E-state index contributed by atoms with van der Waals surface area (Å²) in [6, 6.07) is 13.2. The van der Waals surface area contributed by atoms with Gasteiger partial charge < -0.3 is 15.5 Å². The largest absolute Gasteiger partial charge is 0.371 e. The lowest BCUT2D eigenvalue weighted by molar-refractivity contribution is 0.461. The van der Waals surface area contributed by atoms with Gasteiger partial charge in [0.25, 0.3) is 0 Å². The van der Waals surface area contributed by atoms with Crippen LogP contribution in [0, 0.1) is 23.0 Å². The summed E-state index contributed by atoms with van der Waals surface area (Å²) in [6.07, 6.45) is 1.78. The second kappa shape index (κ2) is 11.7. The molecule has 2 N–H and O–H groups in total. The SMILES string of the molecule is CCNC(=NCc1cc(C#N)ccc1F)NC1CCN(c2cccc(F)c2)CC1.I. The van der Waals surface area contributed by atoms with Gasteiger partial charge in [-0.15, -0.1) is 24.0 Å². The molecular formula is C22H26F2IN5. The zero-order valence-corrected chi connectivity index (χ0v) is 19.2. The smallest absolute Gasteiger partial charge is 0.191 e. The molecule has 5 nitrogen and oxygen atoms in total. The minimum atomic E-state index is -0.369. The zero-order chi connectivity index (χ0) is 20.6. The van der Waals surface area contributed by atoms with E-state index in [4.69, 9.17) is 5.26 Å². The first kappa shape index (κ1) is 23.9. The number of halogens is 3. The number of benzene rings is 2. The molecule has 0 atom stereocenters. The number of rotatable bonds is 5. The van der Waals surface area contributed by atoms with E-state index in [0.717, 1.165) is 31.6 Å². The van der Waals surface area contributed by atoms with E-state index >= 15 is 0 Å². The van der Waals surface area contributed by atoms with Gasteiger partial charge in [-0.25, -0.2) is 13.8 Å². The molecule has 160 valence electrons. The first-order valence-corrected chi connectivity index (χ1v) is 9.83. The molecule has 2 aromatic carbocycles. The Hall–Kier alpha value is -2.41. The number of nitrogens with zero attached hydrogens (tertiary/aromatic N) is 3. The lowest BCUT2D eigenvalue weighted by Crippen LogP contribution is -2.48. The zero-order valence-electron chi connectivity index (χ0n) is 16.9. The Balaban J connectivity index is 0.00000320. The predicted octanol–water partition coefficient (Wildman–Crippen LogP) is 4.18. The quantitative estimate of drug-likeness (QED) is 0.350. The van der Waals surface area contributed by atoms with Gasteiger partial charge >= 0.3 is 0 Å². The van der Waals surface area contributed by atoms with Crippen LogP contribution in [0.15, 0.2) is 47.5 Å². The maximum Gasteiger partial charge on any atom is 0.191 e. The van der Waals surface area contributed by atoms with Crippen LogP contribution in [0.2, 0.25) is 0 Å². The molecule has 3 rings (SSSR count). The maximum absolute atomic E-state index is 14.0. The van der Waals surface area contributed by atoms with Crippen LogP contribution in [-0.4, -0.2) is 31.6 Å². The number of aliphatic imine (C=N–C) groups is 1. The summed E-state index contributed by atoms with van der Waals surface area (Å²) in [4.78, 5) is 6.66. The van der Waals surface area contributed by atoms with E-state index < -0.39 is 0 Å². The lowest BCUT2D eigenvalue weighted by atomic mass is 10.0. The number of guanidine groups is 1. The van der Waals surface area contributed by atoms with Crippen LogP contribution in [0.5, 0.6) is 0 Å². The van der Waals surface area contributed by atoms with E-state index in [0.29, 0.717) is 23.6 Å². The third kappa shape index (κ3) is 6.55. The van der Waals surface area contributed by atoms with Crippen LogP contribution in [0.25, 0.3) is 0 Å². The second-order valence-corrected chi connectivity index (χ2v) is 7.00. The molecule has 1 saturated heterocycles. The van der Waals surface area contributed by atoms with Gasteiger partial charge in [0.15, 0.2) is 5.96 Å². The van der Waals surface area contributed by atoms with Crippen molar-refractivity contribution in [2.75, 3.05) is 24.5 Å². The molecule has 1 fully saturated rings. The van der Waals surface area contributed by atoms with Crippen molar-refractivity contribution in [3.05, 3.63) is 65.2 Å². The van der Waals surface area contributed by atoms with Gasteiger partial charge in [0.2, 0.25) is 0 Å². The fourth-order valence-electron chi connectivity index (χ4n) is 3.40. The number of piperidine rings is 1. The van der Waals surface area contributed by atoms with E-state index in [-0.39, 0.29) is 48.2 Å². The fraction of sp³-hybridized carbons (Fsp3) is 0.364. The van der Waals surface area contributed by atoms with E-state index in [9.17, 15) is 8.78 Å². The monoisotopic (exact) mass is 525 g/mol. The standard InChI is InChI=1S/C22H25F2N5.HI/c1-2-26-22(27-15-17-12-16(14-25)6-7-21(17)24)28-19-8-10-29(11-9-19)20-5-3-4-18(23)13-20;/h3-7,12-13,19H,2,8-11,15H2,1H3,(H2,26,27,28);1H. The number of hydrogen-bond acceptors (Lipinski definition) is 3. The Kier molecular flexibility index (Phi) is 9.30. The summed E-state index contributed by atoms with van der Waals surface area (Å²) < 4.78 is 27.4. The highest BCUT2D eigenvalue weighted by atomic mass is 127. The van der Waals surface area contributed by atoms with Crippen LogP contribution in [0.1, 0.15) is 30.9 Å². The summed E-state index contributed by atoms with van der Waals surface area (Å²) in [6.45, 7) is 4.45. The number of nitriles is 1. The molecule has 0 saturated carbocycles. The van der Waals surface area contributed by atoms with Gasteiger partial charge in [-0.1, -0.05) is 6.07 Å². The normalized spacial score (nSPS) is 14.6.